The highest BCUT2D eigenvalue weighted by atomic mass is 32.2. The van der Waals surface area contributed by atoms with Gasteiger partial charge in [0.15, 0.2) is 11.6 Å². The van der Waals surface area contributed by atoms with Gasteiger partial charge in [-0.3, -0.25) is 41.2 Å². The van der Waals surface area contributed by atoms with E-state index in [0.717, 1.165) is 88.6 Å². The lowest BCUT2D eigenvalue weighted by atomic mass is 10.1. The first-order valence-corrected chi connectivity index (χ1v) is 45.8. The van der Waals surface area contributed by atoms with E-state index in [0.29, 0.717) is 55.2 Å². The number of sulfonamides is 5. The van der Waals surface area contributed by atoms with Gasteiger partial charge in [-0.25, -0.2) is 51.5 Å². The van der Waals surface area contributed by atoms with Crippen molar-refractivity contribution in [3.8, 4) is 11.4 Å². The third-order valence-electron chi connectivity index (χ3n) is 17.6. The van der Waals surface area contributed by atoms with Gasteiger partial charge in [-0.15, -0.1) is 5.10 Å². The van der Waals surface area contributed by atoms with Crippen molar-refractivity contribution in [2.75, 3.05) is 210 Å². The van der Waals surface area contributed by atoms with E-state index in [4.69, 9.17) is 0 Å². The molecule has 2 aliphatic rings. The van der Waals surface area contributed by atoms with E-state index in [2.05, 4.69) is 57.5 Å². The zero-order chi connectivity index (χ0) is 89.2. The van der Waals surface area contributed by atoms with Gasteiger partial charge in [0.25, 0.3) is 0 Å². The number of rotatable bonds is 30. The smallest absolute Gasteiger partial charge is 0.243 e. The van der Waals surface area contributed by atoms with Crippen LogP contribution in [0.2, 0.25) is 0 Å². The van der Waals surface area contributed by atoms with Crippen molar-refractivity contribution >= 4 is 142 Å². The summed E-state index contributed by atoms with van der Waals surface area (Å²) in [5.41, 5.74) is 9.68. The normalized spacial score (nSPS) is 12.0. The summed E-state index contributed by atoms with van der Waals surface area (Å²) in [6, 6.07) is 50.0. The molecule has 119 heavy (non-hydrogen) atoms. The summed E-state index contributed by atoms with van der Waals surface area (Å²) in [5, 5.41) is 31.7. The van der Waals surface area contributed by atoms with Crippen LogP contribution < -0.4 is 59.2 Å². The number of aryl methyl sites for hydroxylation is 1. The molecule has 7 aromatic carbocycles. The average molecular weight is 1750 g/mol. The van der Waals surface area contributed by atoms with Gasteiger partial charge in [-0.05, 0) is 159 Å². The van der Waals surface area contributed by atoms with Crippen molar-refractivity contribution in [2.45, 2.75) is 50.2 Å². The third kappa shape index (κ3) is 32.1. The van der Waals surface area contributed by atoms with E-state index in [-0.39, 0.29) is 71.5 Å². The minimum atomic E-state index is -3.51. The van der Waals surface area contributed by atoms with Crippen molar-refractivity contribution in [3.05, 3.63) is 175 Å². The summed E-state index contributed by atoms with van der Waals surface area (Å²) >= 11 is 0. The fourth-order valence-corrected chi connectivity index (χ4v) is 15.9. The quantitative estimate of drug-likeness (QED) is 0.0205. The van der Waals surface area contributed by atoms with Crippen molar-refractivity contribution in [2.24, 2.45) is 7.05 Å². The lowest BCUT2D eigenvalue weighted by Crippen LogP contribution is -2.48. The monoisotopic (exact) mass is 1740 g/mol. The minimum Gasteiger partial charge on any atom is -0.388 e. The van der Waals surface area contributed by atoms with Gasteiger partial charge in [0, 0.05) is 169 Å². The molecule has 652 valence electrons. The van der Waals surface area contributed by atoms with Crippen LogP contribution in [-0.4, -0.2) is 272 Å². The number of Topliss-reactive ketones (excluding diaryl/α,β-unsaturated/α-hetero) is 1. The molecule has 1 saturated carbocycles. The molecule has 4 amide bonds. The zero-order valence-corrected chi connectivity index (χ0v) is 75.1. The van der Waals surface area contributed by atoms with Crippen LogP contribution in [0.4, 0.5) is 62.6 Å². The van der Waals surface area contributed by atoms with Crippen molar-refractivity contribution in [3.63, 3.8) is 0 Å². The van der Waals surface area contributed by atoms with Gasteiger partial charge in [0.2, 0.25) is 73.7 Å². The Morgan fingerprint density at radius 2 is 0.798 bits per heavy atom. The third-order valence-corrected chi connectivity index (χ3v) is 25.5. The maximum absolute atomic E-state index is 12.6. The molecule has 8 aromatic rings. The molecule has 2 heterocycles. The molecule has 0 spiro atoms. The maximum Gasteiger partial charge on any atom is 0.243 e. The number of benzene rings is 7. The molecule has 2 fully saturated rings. The maximum atomic E-state index is 12.6. The number of carbonyl (C=O) groups is 5. The van der Waals surface area contributed by atoms with E-state index >= 15 is 0 Å². The van der Waals surface area contributed by atoms with Gasteiger partial charge in [-0.1, -0.05) is 61.5 Å². The molecule has 40 heteroatoms. The first kappa shape index (κ1) is 100. The largest absolute Gasteiger partial charge is 0.388 e. The summed E-state index contributed by atoms with van der Waals surface area (Å²) in [6.07, 6.45) is 4.52. The second kappa shape index (κ2) is 47.3. The predicted octanol–water partition coefficient (Wildman–Crippen LogP) is 7.27. The van der Waals surface area contributed by atoms with Crippen LogP contribution in [0.15, 0.2) is 175 Å². The van der Waals surface area contributed by atoms with Crippen LogP contribution in [0.25, 0.3) is 11.4 Å². The van der Waals surface area contributed by atoms with Crippen LogP contribution in [-0.2, 0) is 76.3 Å². The SMILES string of the molecule is CCNS(=O)(=O)c1cccc(NC)c1.CCS(=O)(=O)N(CC(=O)N(C)C)c1cccc(NC)c1.CNc1cccc(-c2nnnn2C)c1.CNc1cccc(C(C)=O)c1.CNc1cccc(N(CC(=O)N(C)C)S(=O)(=O)C2CC2)c1.CNc1cccc(N(CC(=O)N(C)C)S(C)(=O)=O)c1.CNc1cccc(N(CC(=O)N2CCC2)S(C)(=O)=O)c1. The Kier molecular flexibility index (Phi) is 39.8. The number of ketones is 1. The van der Waals surface area contributed by atoms with Crippen molar-refractivity contribution in [1.82, 2.24) is 44.5 Å². The lowest BCUT2D eigenvalue weighted by molar-refractivity contribution is -0.133. The first-order valence-electron chi connectivity index (χ1n) is 37.5. The number of hydrogen-bond donors (Lipinski definition) is 8. The van der Waals surface area contributed by atoms with Crippen molar-refractivity contribution in [1.29, 1.82) is 0 Å². The van der Waals surface area contributed by atoms with E-state index < -0.39 is 50.1 Å². The Bertz CT molecular complexity index is 5250. The number of hydrogen-bond acceptors (Lipinski definition) is 25. The fourth-order valence-electron chi connectivity index (χ4n) is 10.3. The summed E-state index contributed by atoms with van der Waals surface area (Å²) in [4.78, 5) is 64.5. The molecular formula is C79H116N20O15S5. The van der Waals surface area contributed by atoms with Gasteiger partial charge in [0.05, 0.1) is 51.2 Å². The molecule has 1 aliphatic heterocycles. The number of likely N-dealkylation sites (N-methyl/N-ethyl adjacent to an activating group) is 3. The summed E-state index contributed by atoms with van der Waals surface area (Å²) < 4.78 is 129. The summed E-state index contributed by atoms with van der Waals surface area (Å²) in [5.74, 6) is -0.135. The summed E-state index contributed by atoms with van der Waals surface area (Å²) in [7, 11) is 6.60. The molecule has 1 saturated heterocycles. The molecule has 0 atom stereocenters. The van der Waals surface area contributed by atoms with Crippen LogP contribution in [0.1, 0.15) is 50.4 Å². The van der Waals surface area contributed by atoms with Crippen LogP contribution in [0, 0.1) is 0 Å². The number of aromatic nitrogens is 4. The van der Waals surface area contributed by atoms with Gasteiger partial charge in [-0.2, -0.15) is 0 Å². The molecule has 10 rings (SSSR count). The number of amides is 4. The Hall–Kier alpha value is -11.3. The highest BCUT2D eigenvalue weighted by molar-refractivity contribution is 7.94. The zero-order valence-electron chi connectivity index (χ0n) is 71.1. The van der Waals surface area contributed by atoms with E-state index in [1.165, 1.54) is 19.0 Å². The standard InChI is InChI=1S/C14H21N3O3S.C13H19N3O3S.C13H21N3O3S.C12H19N3O3S.C9H11N5.C9H14N2O2S.C9H11NO/c1-15-11-5-4-6-12(9-11)17(10-14(18)16(2)3)21(19,20)13-7-8-13;1-14-11-5-3-6-12(9-11)16(20(2,18)19)10-13(17)15-7-4-8-15;1-5-20(18,19)16(10-13(17)15(3)4)12-8-6-7-11(9-12)14-2;1-13-10-6-5-7-11(8-10)15(19(4,17)18)9-12(16)14(2)3;1-10-8-5-3-4-7(6-8)9-11-12-13-14(9)2;1-3-11-14(12,13)9-6-4-5-8(7-9)10-2;1-7(11)8-4-3-5-9(6-8)10-2/h4-6,9,13,15H,7-8,10H2,1-3H3;3,5-6,9,14H,4,7-8,10H2,1-2H3;6-9,14H,5,10H2,1-4H3;5-8,13H,9H2,1-4H3;3-6,10H,1-2H3;4-7,10-11H,3H2,1-2H3;3-6,10H,1-2H3. The molecule has 8 N–H and O–H groups in total. The fraction of sp³-hybridized carbons (Fsp3) is 0.392. The molecule has 1 aliphatic carbocycles. The highest BCUT2D eigenvalue weighted by Crippen LogP contribution is 2.35. The molecular weight excluding hydrogens is 1630 g/mol. The Balaban J connectivity index is 0.000000294. The second-order valence-corrected chi connectivity index (χ2v) is 37.0. The van der Waals surface area contributed by atoms with Gasteiger partial charge < -0.3 is 56.8 Å². The topological polar surface area (TPSA) is 422 Å². The van der Waals surface area contributed by atoms with Gasteiger partial charge in [0.1, 0.15) is 26.2 Å². The molecule has 1 aromatic heterocycles. The Morgan fingerprint density at radius 1 is 0.445 bits per heavy atom. The molecule has 0 radical (unpaired) electrons. The number of nitrogens with zero attached hydrogens (tertiary/aromatic N) is 12. The lowest BCUT2D eigenvalue weighted by Gasteiger charge is -2.33. The van der Waals surface area contributed by atoms with Crippen LogP contribution >= 0.6 is 0 Å². The van der Waals surface area contributed by atoms with Crippen LogP contribution in [0.3, 0.4) is 0 Å². The van der Waals surface area contributed by atoms with Crippen LogP contribution in [0.5, 0.6) is 0 Å². The van der Waals surface area contributed by atoms with E-state index in [9.17, 15) is 66.1 Å². The number of tetrazole rings is 1. The number of carbonyl (C=O) groups excluding carboxylic acids is 5. The Morgan fingerprint density at radius 3 is 1.15 bits per heavy atom. The first-order chi connectivity index (χ1) is 56.0. The Labute approximate surface area is 702 Å². The predicted molar refractivity (Wildman–Crippen MR) is 478 cm³/mol. The molecule has 0 unspecified atom stereocenters. The average Bonchev–Trinajstić information content (AvgIpc) is 1.67. The second-order valence-electron chi connectivity index (χ2n) is 27.1. The minimum absolute atomic E-state index is 0.0580. The van der Waals surface area contributed by atoms with E-state index in [1.807, 2.05) is 100 Å². The van der Waals surface area contributed by atoms with Crippen molar-refractivity contribution < 1.29 is 66.1 Å². The van der Waals surface area contributed by atoms with Gasteiger partial charge >= 0.3 is 0 Å². The number of nitrogens with one attached hydrogen (secondary N) is 8. The number of anilines is 11. The molecule has 0 bridgehead atoms. The van der Waals surface area contributed by atoms with E-state index in [1.54, 1.807) is 199 Å². The number of likely N-dealkylation sites (tertiary alicyclic amines) is 1. The molecule has 35 nitrogen and oxygen atoms in total. The highest BCUT2D eigenvalue weighted by Gasteiger charge is 2.41. The summed E-state index contributed by atoms with van der Waals surface area (Å²) in [6.45, 7) is 5.98.